The van der Waals surface area contributed by atoms with E-state index in [-0.39, 0.29) is 5.92 Å². The first-order chi connectivity index (χ1) is 25.8. The molecule has 0 unspecified atom stereocenters. The Hall–Kier alpha value is -6.70. The van der Waals surface area contributed by atoms with Crippen molar-refractivity contribution in [1.29, 1.82) is 0 Å². The van der Waals surface area contributed by atoms with E-state index in [4.69, 9.17) is 0 Å². The molecule has 0 aromatic heterocycles. The summed E-state index contributed by atoms with van der Waals surface area (Å²) in [5, 5.41) is 4.95. The van der Waals surface area contributed by atoms with Crippen LogP contribution in [0, 0.1) is 0 Å². The SMILES string of the molecule is c1ccc(-c2c3ccc(N(c4ccccc4)c4ccccc4)cc3c(-c3ccccc3)c3ccc(C(c4ccccc4)c4ccccc4)cc23)cc1. The maximum atomic E-state index is 2.46. The first-order valence-electron chi connectivity index (χ1n) is 18.0. The van der Waals surface area contributed by atoms with Crippen molar-refractivity contribution in [3.05, 3.63) is 235 Å². The second-order valence-corrected chi connectivity index (χ2v) is 13.3. The Morgan fingerprint density at radius 1 is 0.269 bits per heavy atom. The Labute approximate surface area is 305 Å². The lowest BCUT2D eigenvalue weighted by Crippen LogP contribution is -2.09. The Kier molecular flexibility index (Phi) is 8.37. The van der Waals surface area contributed by atoms with Gasteiger partial charge in [0, 0.05) is 23.0 Å². The van der Waals surface area contributed by atoms with E-state index in [1.807, 2.05) is 0 Å². The fraction of sp³-hybridized carbons (Fsp3) is 0.0196. The van der Waals surface area contributed by atoms with Crippen molar-refractivity contribution in [3.63, 3.8) is 0 Å². The molecule has 0 saturated carbocycles. The number of nitrogens with zero attached hydrogens (tertiary/aromatic N) is 1. The van der Waals surface area contributed by atoms with Gasteiger partial charge in [0.25, 0.3) is 0 Å². The highest BCUT2D eigenvalue weighted by atomic mass is 15.1. The van der Waals surface area contributed by atoms with Crippen molar-refractivity contribution in [3.8, 4) is 22.3 Å². The fourth-order valence-corrected chi connectivity index (χ4v) is 7.85. The predicted molar refractivity (Wildman–Crippen MR) is 221 cm³/mol. The van der Waals surface area contributed by atoms with Gasteiger partial charge in [-0.2, -0.15) is 0 Å². The molecule has 0 aliphatic carbocycles. The number of para-hydroxylation sites is 2. The highest BCUT2D eigenvalue weighted by Crippen LogP contribution is 2.47. The van der Waals surface area contributed by atoms with Gasteiger partial charge < -0.3 is 4.90 Å². The molecule has 0 saturated heterocycles. The summed E-state index contributed by atoms with van der Waals surface area (Å²) >= 11 is 0. The van der Waals surface area contributed by atoms with E-state index in [2.05, 4.69) is 223 Å². The standard InChI is InChI=1S/C51H37N/c1-7-19-37(20-8-1)49(38-21-9-2-10-22-38)41-31-33-45-47(35-41)50(39-23-11-3-12-24-39)46-34-32-44(36-48(46)51(45)40-25-13-4-14-26-40)52(42-27-15-5-16-28-42)43-29-17-6-18-30-43/h1-36,49H. The van der Waals surface area contributed by atoms with Gasteiger partial charge in [0.05, 0.1) is 0 Å². The zero-order valence-electron chi connectivity index (χ0n) is 28.8. The van der Waals surface area contributed by atoms with Crippen molar-refractivity contribution < 1.29 is 0 Å². The van der Waals surface area contributed by atoms with Crippen LogP contribution >= 0.6 is 0 Å². The summed E-state index contributed by atoms with van der Waals surface area (Å²) in [6.07, 6.45) is 0. The molecule has 0 spiro atoms. The molecule has 0 aliphatic heterocycles. The molecular formula is C51H37N. The molecule has 246 valence electrons. The summed E-state index contributed by atoms with van der Waals surface area (Å²) in [5.41, 5.74) is 12.1. The molecule has 0 amide bonds. The van der Waals surface area contributed by atoms with E-state index in [9.17, 15) is 0 Å². The Balaban J connectivity index is 1.37. The lowest BCUT2D eigenvalue weighted by Gasteiger charge is -2.27. The topological polar surface area (TPSA) is 3.24 Å². The zero-order chi connectivity index (χ0) is 34.7. The predicted octanol–water partition coefficient (Wildman–Crippen LogP) is 14.0. The molecule has 0 bridgehead atoms. The van der Waals surface area contributed by atoms with Crippen molar-refractivity contribution in [2.45, 2.75) is 5.92 Å². The summed E-state index contributed by atoms with van der Waals surface area (Å²) < 4.78 is 0. The first kappa shape index (κ1) is 31.3. The van der Waals surface area contributed by atoms with Crippen LogP contribution in [0.4, 0.5) is 17.1 Å². The van der Waals surface area contributed by atoms with Gasteiger partial charge >= 0.3 is 0 Å². The molecule has 1 heteroatoms. The number of anilines is 3. The van der Waals surface area contributed by atoms with E-state index in [0.717, 1.165) is 17.1 Å². The van der Waals surface area contributed by atoms with Gasteiger partial charge in [-0.05, 0) is 103 Å². The van der Waals surface area contributed by atoms with Crippen LogP contribution in [0.5, 0.6) is 0 Å². The maximum Gasteiger partial charge on any atom is 0.0468 e. The van der Waals surface area contributed by atoms with Gasteiger partial charge in [-0.1, -0.05) is 176 Å². The molecule has 0 aliphatic rings. The van der Waals surface area contributed by atoms with Crippen LogP contribution in [-0.2, 0) is 0 Å². The first-order valence-corrected chi connectivity index (χ1v) is 18.0. The van der Waals surface area contributed by atoms with Crippen molar-refractivity contribution >= 4 is 38.6 Å². The van der Waals surface area contributed by atoms with Gasteiger partial charge in [-0.3, -0.25) is 0 Å². The van der Waals surface area contributed by atoms with E-state index in [0.29, 0.717) is 0 Å². The molecule has 9 aromatic carbocycles. The summed E-state index contributed by atoms with van der Waals surface area (Å²) in [6.45, 7) is 0. The third-order valence-electron chi connectivity index (χ3n) is 10.1. The van der Waals surface area contributed by atoms with E-state index in [1.165, 1.54) is 60.5 Å². The normalized spacial score (nSPS) is 11.2. The zero-order valence-corrected chi connectivity index (χ0v) is 28.8. The highest BCUT2D eigenvalue weighted by Gasteiger charge is 2.22. The molecule has 0 fully saturated rings. The van der Waals surface area contributed by atoms with Crippen LogP contribution in [0.25, 0.3) is 43.8 Å². The average molecular weight is 664 g/mol. The molecule has 9 rings (SSSR count). The lowest BCUT2D eigenvalue weighted by atomic mass is 9.81. The number of hydrogen-bond acceptors (Lipinski definition) is 1. The summed E-state index contributed by atoms with van der Waals surface area (Å²) in [6, 6.07) is 79.2. The molecular weight excluding hydrogens is 627 g/mol. The van der Waals surface area contributed by atoms with Crippen LogP contribution in [-0.4, -0.2) is 0 Å². The quantitative estimate of drug-likeness (QED) is 0.116. The molecule has 1 nitrogen and oxygen atoms in total. The molecule has 0 N–H and O–H groups in total. The Bertz CT molecular complexity index is 2320. The molecule has 52 heavy (non-hydrogen) atoms. The maximum absolute atomic E-state index is 2.46. The van der Waals surface area contributed by atoms with Gasteiger partial charge in [0.15, 0.2) is 0 Å². The van der Waals surface area contributed by atoms with E-state index < -0.39 is 0 Å². The van der Waals surface area contributed by atoms with Gasteiger partial charge in [0.1, 0.15) is 0 Å². The monoisotopic (exact) mass is 663 g/mol. The lowest BCUT2D eigenvalue weighted by molar-refractivity contribution is 0.980. The third kappa shape index (κ3) is 5.83. The van der Waals surface area contributed by atoms with Crippen molar-refractivity contribution in [2.24, 2.45) is 0 Å². The van der Waals surface area contributed by atoms with E-state index in [1.54, 1.807) is 0 Å². The Morgan fingerprint density at radius 3 is 1.12 bits per heavy atom. The van der Waals surface area contributed by atoms with Crippen LogP contribution in [0.3, 0.4) is 0 Å². The van der Waals surface area contributed by atoms with Crippen molar-refractivity contribution in [1.82, 2.24) is 0 Å². The fourth-order valence-electron chi connectivity index (χ4n) is 7.85. The number of benzene rings is 9. The highest BCUT2D eigenvalue weighted by molar-refractivity contribution is 6.22. The largest absolute Gasteiger partial charge is 0.310 e. The van der Waals surface area contributed by atoms with Crippen molar-refractivity contribution in [2.75, 3.05) is 4.90 Å². The van der Waals surface area contributed by atoms with Gasteiger partial charge in [-0.15, -0.1) is 0 Å². The minimum Gasteiger partial charge on any atom is -0.310 e. The minimum atomic E-state index is 0.0963. The smallest absolute Gasteiger partial charge is 0.0468 e. The summed E-state index contributed by atoms with van der Waals surface area (Å²) in [4.78, 5) is 2.36. The third-order valence-corrected chi connectivity index (χ3v) is 10.1. The van der Waals surface area contributed by atoms with Gasteiger partial charge in [0.2, 0.25) is 0 Å². The molecule has 0 atom stereocenters. The summed E-state index contributed by atoms with van der Waals surface area (Å²) in [5.74, 6) is 0.0963. The van der Waals surface area contributed by atoms with Crippen LogP contribution < -0.4 is 4.90 Å². The molecule has 0 radical (unpaired) electrons. The molecule has 0 heterocycles. The number of rotatable bonds is 8. The number of hydrogen-bond donors (Lipinski definition) is 0. The van der Waals surface area contributed by atoms with E-state index >= 15 is 0 Å². The van der Waals surface area contributed by atoms with Crippen LogP contribution in [0.2, 0.25) is 0 Å². The van der Waals surface area contributed by atoms with Crippen LogP contribution in [0.15, 0.2) is 218 Å². The van der Waals surface area contributed by atoms with Crippen LogP contribution in [0.1, 0.15) is 22.6 Å². The molecule has 9 aromatic rings. The van der Waals surface area contributed by atoms with Gasteiger partial charge in [-0.25, -0.2) is 0 Å². The Morgan fingerprint density at radius 2 is 0.654 bits per heavy atom. The average Bonchev–Trinajstić information content (AvgIpc) is 3.22. The second-order valence-electron chi connectivity index (χ2n) is 13.3. The number of fused-ring (bicyclic) bond motifs is 2. The minimum absolute atomic E-state index is 0.0963. The summed E-state index contributed by atoms with van der Waals surface area (Å²) in [7, 11) is 0. The second kappa shape index (κ2) is 13.9.